The monoisotopic (exact) mass is 228 g/mol. The van der Waals surface area contributed by atoms with Crippen molar-refractivity contribution in [3.8, 4) is 0 Å². The second-order valence-corrected chi connectivity index (χ2v) is 3.92. The van der Waals surface area contributed by atoms with Gasteiger partial charge in [-0.2, -0.15) is 0 Å². The van der Waals surface area contributed by atoms with Crippen LogP contribution in [-0.2, 0) is 0 Å². The van der Waals surface area contributed by atoms with Crippen molar-refractivity contribution in [3.63, 3.8) is 0 Å². The standard InChI is InChI=1S/C13H12N2S/c1-10-14-12(9-13(16)15-10)8-7-11-5-3-2-4-6-11/h2-9H,1H3,(H,14,15,16). The maximum atomic E-state index is 5.05. The summed E-state index contributed by atoms with van der Waals surface area (Å²) in [6.45, 7) is 1.90. The predicted octanol–water partition coefficient (Wildman–Crippen LogP) is 3.62. The maximum absolute atomic E-state index is 5.05. The van der Waals surface area contributed by atoms with Crippen LogP contribution in [0.15, 0.2) is 36.4 Å². The van der Waals surface area contributed by atoms with Gasteiger partial charge in [0.1, 0.15) is 10.5 Å². The molecule has 2 nitrogen and oxygen atoms in total. The summed E-state index contributed by atoms with van der Waals surface area (Å²) in [7, 11) is 0. The summed E-state index contributed by atoms with van der Waals surface area (Å²) in [5.41, 5.74) is 2.14. The Morgan fingerprint density at radius 3 is 2.62 bits per heavy atom. The summed E-state index contributed by atoms with van der Waals surface area (Å²) in [5, 5.41) is 0. The van der Waals surface area contributed by atoms with Crippen molar-refractivity contribution < 1.29 is 0 Å². The summed E-state index contributed by atoms with van der Waals surface area (Å²) < 4.78 is 0.615. The largest absolute Gasteiger partial charge is 0.344 e. The lowest BCUT2D eigenvalue weighted by Crippen LogP contribution is -1.89. The molecule has 1 N–H and O–H groups in total. The third kappa shape index (κ3) is 2.87. The van der Waals surface area contributed by atoms with Crippen LogP contribution in [0.5, 0.6) is 0 Å². The number of H-pyrrole nitrogens is 1. The molecule has 0 unspecified atom stereocenters. The molecule has 0 bridgehead atoms. The number of benzene rings is 1. The molecule has 0 fully saturated rings. The fraction of sp³-hybridized carbons (Fsp3) is 0.0769. The molecule has 1 heterocycles. The number of hydrogen-bond donors (Lipinski definition) is 1. The van der Waals surface area contributed by atoms with Crippen molar-refractivity contribution in [1.82, 2.24) is 9.97 Å². The van der Waals surface area contributed by atoms with E-state index in [-0.39, 0.29) is 0 Å². The molecular weight excluding hydrogens is 216 g/mol. The lowest BCUT2D eigenvalue weighted by Gasteiger charge is -1.97. The molecule has 0 amide bonds. The van der Waals surface area contributed by atoms with Gasteiger partial charge in [-0.15, -0.1) is 0 Å². The van der Waals surface area contributed by atoms with E-state index in [4.69, 9.17) is 12.2 Å². The summed E-state index contributed by atoms with van der Waals surface area (Å²) in [6.07, 6.45) is 4.04. The van der Waals surface area contributed by atoms with Crippen LogP contribution < -0.4 is 0 Å². The van der Waals surface area contributed by atoms with E-state index in [1.807, 2.05) is 43.3 Å². The van der Waals surface area contributed by atoms with Gasteiger partial charge in [0.25, 0.3) is 0 Å². The highest BCUT2D eigenvalue weighted by Crippen LogP contribution is 2.06. The SMILES string of the molecule is Cc1nc(=S)cc(C=Cc2ccccc2)[nH]1. The highest BCUT2D eigenvalue weighted by Gasteiger charge is 1.91. The Hall–Kier alpha value is -1.74. The topological polar surface area (TPSA) is 28.7 Å². The number of aromatic amines is 1. The van der Waals surface area contributed by atoms with E-state index in [0.29, 0.717) is 4.64 Å². The fourth-order valence-electron chi connectivity index (χ4n) is 1.44. The molecule has 80 valence electrons. The minimum atomic E-state index is 0.615. The van der Waals surface area contributed by atoms with Crippen LogP contribution in [0.2, 0.25) is 0 Å². The van der Waals surface area contributed by atoms with Crippen LogP contribution in [0.4, 0.5) is 0 Å². The van der Waals surface area contributed by atoms with Gasteiger partial charge < -0.3 is 4.98 Å². The zero-order valence-corrected chi connectivity index (χ0v) is 9.79. The Morgan fingerprint density at radius 2 is 1.94 bits per heavy atom. The lowest BCUT2D eigenvalue weighted by atomic mass is 10.2. The number of aromatic nitrogens is 2. The minimum Gasteiger partial charge on any atom is -0.344 e. The van der Waals surface area contributed by atoms with Crippen LogP contribution in [0.1, 0.15) is 17.1 Å². The molecule has 0 aliphatic carbocycles. The number of nitrogens with one attached hydrogen (secondary N) is 1. The highest BCUT2D eigenvalue weighted by molar-refractivity contribution is 7.71. The van der Waals surface area contributed by atoms with Gasteiger partial charge in [-0.3, -0.25) is 0 Å². The van der Waals surface area contributed by atoms with Crippen molar-refractivity contribution in [3.05, 3.63) is 58.1 Å². The van der Waals surface area contributed by atoms with Gasteiger partial charge in [0.15, 0.2) is 0 Å². The predicted molar refractivity (Wildman–Crippen MR) is 69.5 cm³/mol. The number of rotatable bonds is 2. The fourth-order valence-corrected chi connectivity index (χ4v) is 1.71. The Balaban J connectivity index is 2.27. The first-order valence-corrected chi connectivity index (χ1v) is 5.46. The van der Waals surface area contributed by atoms with Crippen LogP contribution in [0, 0.1) is 11.6 Å². The normalized spacial score (nSPS) is 10.8. The molecule has 0 spiro atoms. The molecule has 0 aliphatic heterocycles. The van der Waals surface area contributed by atoms with Crippen LogP contribution in [0.25, 0.3) is 12.2 Å². The molecule has 0 saturated carbocycles. The van der Waals surface area contributed by atoms with Crippen molar-refractivity contribution in [2.45, 2.75) is 6.92 Å². The molecule has 1 aromatic carbocycles. The van der Waals surface area contributed by atoms with Crippen LogP contribution in [-0.4, -0.2) is 9.97 Å². The van der Waals surface area contributed by atoms with E-state index >= 15 is 0 Å². The van der Waals surface area contributed by atoms with E-state index < -0.39 is 0 Å². The van der Waals surface area contributed by atoms with Crippen molar-refractivity contribution in [2.24, 2.45) is 0 Å². The summed E-state index contributed by atoms with van der Waals surface area (Å²) in [4.78, 5) is 7.27. The summed E-state index contributed by atoms with van der Waals surface area (Å²) in [5.74, 6) is 0.834. The first-order chi connectivity index (χ1) is 7.74. The summed E-state index contributed by atoms with van der Waals surface area (Å²) in [6, 6.07) is 12.0. The molecule has 0 saturated heterocycles. The van der Waals surface area contributed by atoms with Crippen LogP contribution in [0.3, 0.4) is 0 Å². The zero-order chi connectivity index (χ0) is 11.4. The van der Waals surface area contributed by atoms with Crippen molar-refractivity contribution >= 4 is 24.4 Å². The maximum Gasteiger partial charge on any atom is 0.130 e. The molecular formula is C13H12N2S. The molecule has 1 aromatic heterocycles. The molecule has 3 heteroatoms. The first kappa shape index (κ1) is 10.8. The molecule has 16 heavy (non-hydrogen) atoms. The Kier molecular flexibility index (Phi) is 3.27. The molecule has 2 aromatic rings. The van der Waals surface area contributed by atoms with Crippen LogP contribution >= 0.6 is 12.2 Å². The Labute approximate surface area is 99.7 Å². The number of hydrogen-bond acceptors (Lipinski definition) is 2. The Bertz CT molecular complexity index is 556. The van der Waals surface area contributed by atoms with Gasteiger partial charge in [0.05, 0.1) is 0 Å². The third-order valence-electron chi connectivity index (χ3n) is 2.14. The van der Waals surface area contributed by atoms with E-state index in [1.54, 1.807) is 0 Å². The van der Waals surface area contributed by atoms with Gasteiger partial charge in [-0.05, 0) is 24.6 Å². The van der Waals surface area contributed by atoms with Crippen molar-refractivity contribution in [2.75, 3.05) is 0 Å². The highest BCUT2D eigenvalue weighted by atomic mass is 32.1. The smallest absolute Gasteiger partial charge is 0.130 e. The molecule has 0 aliphatic rings. The molecule has 2 rings (SSSR count). The molecule has 0 radical (unpaired) electrons. The average molecular weight is 228 g/mol. The summed E-state index contributed by atoms with van der Waals surface area (Å²) >= 11 is 5.05. The zero-order valence-electron chi connectivity index (χ0n) is 8.97. The van der Waals surface area contributed by atoms with Gasteiger partial charge in [-0.25, -0.2) is 4.98 Å². The third-order valence-corrected chi connectivity index (χ3v) is 2.35. The minimum absolute atomic E-state index is 0.615. The van der Waals surface area contributed by atoms with E-state index in [1.165, 1.54) is 0 Å². The average Bonchev–Trinajstić information content (AvgIpc) is 2.27. The second-order valence-electron chi connectivity index (χ2n) is 3.50. The van der Waals surface area contributed by atoms with E-state index in [0.717, 1.165) is 17.1 Å². The number of nitrogens with zero attached hydrogens (tertiary/aromatic N) is 1. The second kappa shape index (κ2) is 4.86. The Morgan fingerprint density at radius 1 is 1.19 bits per heavy atom. The first-order valence-electron chi connectivity index (χ1n) is 5.05. The number of aryl methyl sites for hydroxylation is 1. The van der Waals surface area contributed by atoms with E-state index in [2.05, 4.69) is 22.1 Å². The van der Waals surface area contributed by atoms with Gasteiger partial charge in [-0.1, -0.05) is 48.6 Å². The van der Waals surface area contributed by atoms with Gasteiger partial charge in [0, 0.05) is 5.69 Å². The van der Waals surface area contributed by atoms with Gasteiger partial charge >= 0.3 is 0 Å². The van der Waals surface area contributed by atoms with Crippen molar-refractivity contribution in [1.29, 1.82) is 0 Å². The lowest BCUT2D eigenvalue weighted by molar-refractivity contribution is 1.03. The molecule has 0 atom stereocenters. The van der Waals surface area contributed by atoms with Gasteiger partial charge in [0.2, 0.25) is 0 Å². The van der Waals surface area contributed by atoms with E-state index in [9.17, 15) is 0 Å². The quantitative estimate of drug-likeness (QED) is 0.795.